The highest BCUT2D eigenvalue weighted by Crippen LogP contribution is 2.39. The van der Waals surface area contributed by atoms with Gasteiger partial charge in [0.15, 0.2) is 0 Å². The van der Waals surface area contributed by atoms with Crippen LogP contribution in [0.2, 0.25) is 0 Å². The molecule has 2 aliphatic heterocycles. The first-order valence-corrected chi connectivity index (χ1v) is 6.72. The maximum absolute atomic E-state index is 12.2. The van der Waals surface area contributed by atoms with Crippen LogP contribution in [-0.2, 0) is 4.79 Å². The number of hydrogen-bond acceptors (Lipinski definition) is 1. The van der Waals surface area contributed by atoms with E-state index in [-0.39, 0.29) is 0 Å². The van der Waals surface area contributed by atoms with Crippen molar-refractivity contribution in [2.75, 3.05) is 0 Å². The Kier molecular flexibility index (Phi) is 2.87. The lowest BCUT2D eigenvalue weighted by molar-refractivity contribution is -0.133. The van der Waals surface area contributed by atoms with Crippen LogP contribution in [0.15, 0.2) is 30.3 Å². The number of amides is 1. The number of fused-ring (bicyclic) bond motifs is 1. The molecule has 17 heavy (non-hydrogen) atoms. The van der Waals surface area contributed by atoms with E-state index in [4.69, 9.17) is 0 Å². The third-order valence-corrected chi connectivity index (χ3v) is 4.15. The van der Waals surface area contributed by atoms with Crippen LogP contribution in [0.5, 0.6) is 0 Å². The second kappa shape index (κ2) is 4.52. The van der Waals surface area contributed by atoms with Gasteiger partial charge in [-0.05, 0) is 31.2 Å². The summed E-state index contributed by atoms with van der Waals surface area (Å²) in [6, 6.07) is 11.4. The van der Waals surface area contributed by atoms with Crippen molar-refractivity contribution < 1.29 is 4.79 Å². The van der Waals surface area contributed by atoms with E-state index in [9.17, 15) is 4.79 Å². The van der Waals surface area contributed by atoms with Crippen molar-refractivity contribution in [1.29, 1.82) is 0 Å². The summed E-state index contributed by atoms with van der Waals surface area (Å²) in [7, 11) is 0. The van der Waals surface area contributed by atoms with Gasteiger partial charge in [0.2, 0.25) is 5.91 Å². The Morgan fingerprint density at radius 1 is 1.00 bits per heavy atom. The Morgan fingerprint density at radius 3 is 2.65 bits per heavy atom. The average molecular weight is 229 g/mol. The topological polar surface area (TPSA) is 20.3 Å². The lowest BCUT2D eigenvalue weighted by atomic mass is 10.0. The third-order valence-electron chi connectivity index (χ3n) is 4.15. The first-order chi connectivity index (χ1) is 8.36. The first-order valence-electron chi connectivity index (χ1n) is 6.72. The first kappa shape index (κ1) is 10.8. The lowest BCUT2D eigenvalue weighted by Crippen LogP contribution is -2.35. The molecule has 1 aromatic carbocycles. The van der Waals surface area contributed by atoms with Crippen LogP contribution in [0.3, 0.4) is 0 Å². The van der Waals surface area contributed by atoms with Gasteiger partial charge in [-0.25, -0.2) is 0 Å². The summed E-state index contributed by atoms with van der Waals surface area (Å²) in [5, 5.41) is 0. The molecule has 2 fully saturated rings. The van der Waals surface area contributed by atoms with E-state index in [2.05, 4.69) is 29.2 Å². The Balaban J connectivity index is 1.89. The second-order valence-corrected chi connectivity index (χ2v) is 5.20. The molecule has 2 aliphatic rings. The molecule has 2 nitrogen and oxygen atoms in total. The van der Waals surface area contributed by atoms with Crippen molar-refractivity contribution in [2.45, 2.75) is 50.6 Å². The van der Waals surface area contributed by atoms with Crippen molar-refractivity contribution in [2.24, 2.45) is 0 Å². The number of carbonyl (C=O) groups excluding carboxylic acids is 1. The monoisotopic (exact) mass is 229 g/mol. The molecule has 0 aromatic heterocycles. The van der Waals surface area contributed by atoms with Crippen molar-refractivity contribution in [3.05, 3.63) is 35.9 Å². The summed E-state index contributed by atoms with van der Waals surface area (Å²) in [4.78, 5) is 14.4. The molecule has 3 rings (SSSR count). The van der Waals surface area contributed by atoms with Gasteiger partial charge in [0.05, 0.1) is 6.04 Å². The predicted octanol–water partition coefficient (Wildman–Crippen LogP) is 3.29. The van der Waals surface area contributed by atoms with Gasteiger partial charge in [0.1, 0.15) is 0 Å². The van der Waals surface area contributed by atoms with E-state index in [0.29, 0.717) is 18.0 Å². The largest absolute Gasteiger partial charge is 0.333 e. The van der Waals surface area contributed by atoms with Gasteiger partial charge in [-0.15, -0.1) is 0 Å². The molecule has 1 aromatic rings. The minimum Gasteiger partial charge on any atom is -0.333 e. The molecule has 0 bridgehead atoms. The van der Waals surface area contributed by atoms with Crippen molar-refractivity contribution >= 4 is 5.91 Å². The fraction of sp³-hybridized carbons (Fsp3) is 0.533. The molecular formula is C15H19NO. The van der Waals surface area contributed by atoms with Crippen LogP contribution in [0, 0.1) is 0 Å². The summed E-state index contributed by atoms with van der Waals surface area (Å²) >= 11 is 0. The highest BCUT2D eigenvalue weighted by molar-refractivity contribution is 5.77. The molecule has 2 saturated heterocycles. The molecular weight excluding hydrogens is 210 g/mol. The molecule has 0 aliphatic carbocycles. The fourth-order valence-electron chi connectivity index (χ4n) is 3.33. The number of hydrogen-bond donors (Lipinski definition) is 0. The second-order valence-electron chi connectivity index (χ2n) is 5.20. The Morgan fingerprint density at radius 2 is 1.82 bits per heavy atom. The molecule has 1 amide bonds. The molecule has 2 unspecified atom stereocenters. The summed E-state index contributed by atoms with van der Waals surface area (Å²) < 4.78 is 0. The maximum atomic E-state index is 12.2. The third kappa shape index (κ3) is 1.97. The van der Waals surface area contributed by atoms with Gasteiger partial charge in [-0.3, -0.25) is 4.79 Å². The van der Waals surface area contributed by atoms with Gasteiger partial charge < -0.3 is 4.90 Å². The minimum atomic E-state index is 0.340. The lowest BCUT2D eigenvalue weighted by Gasteiger charge is -2.29. The van der Waals surface area contributed by atoms with Gasteiger partial charge in [-0.1, -0.05) is 36.8 Å². The van der Waals surface area contributed by atoms with Gasteiger partial charge in [-0.2, -0.15) is 0 Å². The fourth-order valence-corrected chi connectivity index (χ4v) is 3.33. The van der Waals surface area contributed by atoms with E-state index < -0.39 is 0 Å². The maximum Gasteiger partial charge on any atom is 0.223 e. The van der Waals surface area contributed by atoms with Crippen LogP contribution in [0.4, 0.5) is 0 Å². The number of carbonyl (C=O) groups is 1. The average Bonchev–Trinajstić information content (AvgIpc) is 2.71. The van der Waals surface area contributed by atoms with E-state index in [0.717, 1.165) is 19.3 Å². The highest BCUT2D eigenvalue weighted by atomic mass is 16.2. The molecule has 0 spiro atoms. The van der Waals surface area contributed by atoms with E-state index in [1.165, 1.54) is 24.8 Å². The van der Waals surface area contributed by atoms with Crippen molar-refractivity contribution in [3.63, 3.8) is 0 Å². The molecule has 2 atom stereocenters. The van der Waals surface area contributed by atoms with Crippen LogP contribution in [-0.4, -0.2) is 16.8 Å². The zero-order valence-electron chi connectivity index (χ0n) is 10.1. The zero-order valence-corrected chi connectivity index (χ0v) is 10.1. The van der Waals surface area contributed by atoms with E-state index >= 15 is 0 Å². The van der Waals surface area contributed by atoms with Gasteiger partial charge in [0, 0.05) is 12.5 Å². The summed E-state index contributed by atoms with van der Waals surface area (Å²) in [6.45, 7) is 0. The molecule has 90 valence electrons. The predicted molar refractivity (Wildman–Crippen MR) is 67.5 cm³/mol. The Hall–Kier alpha value is -1.31. The molecule has 2 heteroatoms. The van der Waals surface area contributed by atoms with Crippen LogP contribution in [0.25, 0.3) is 0 Å². The normalized spacial score (nSPS) is 28.9. The van der Waals surface area contributed by atoms with Crippen molar-refractivity contribution in [3.8, 4) is 0 Å². The molecule has 2 heterocycles. The smallest absolute Gasteiger partial charge is 0.223 e. The highest BCUT2D eigenvalue weighted by Gasteiger charge is 2.38. The SMILES string of the molecule is O=C1CCCCC2CCC(c3ccccc3)N12. The van der Waals surface area contributed by atoms with Crippen LogP contribution in [0.1, 0.15) is 50.1 Å². The Bertz CT molecular complexity index is 401. The van der Waals surface area contributed by atoms with E-state index in [1.807, 2.05) is 6.07 Å². The summed E-state index contributed by atoms with van der Waals surface area (Å²) in [5.41, 5.74) is 1.31. The van der Waals surface area contributed by atoms with Crippen LogP contribution >= 0.6 is 0 Å². The number of benzene rings is 1. The molecule has 0 radical (unpaired) electrons. The minimum absolute atomic E-state index is 0.340. The number of rotatable bonds is 1. The van der Waals surface area contributed by atoms with E-state index in [1.54, 1.807) is 0 Å². The standard InChI is InChI=1S/C15H19NO/c17-15-9-5-4-8-13-10-11-14(16(13)15)12-6-2-1-3-7-12/h1-3,6-7,13-14H,4-5,8-11H2. The number of nitrogens with zero attached hydrogens (tertiary/aromatic N) is 1. The molecule has 0 N–H and O–H groups in total. The molecule has 0 saturated carbocycles. The summed E-state index contributed by atoms with van der Waals surface area (Å²) in [5.74, 6) is 0.374. The van der Waals surface area contributed by atoms with Gasteiger partial charge in [0.25, 0.3) is 0 Å². The zero-order chi connectivity index (χ0) is 11.7. The van der Waals surface area contributed by atoms with Gasteiger partial charge >= 0.3 is 0 Å². The quantitative estimate of drug-likeness (QED) is 0.723. The summed E-state index contributed by atoms with van der Waals surface area (Å²) in [6.07, 6.45) is 6.57. The Labute approximate surface area is 103 Å². The van der Waals surface area contributed by atoms with Crippen LogP contribution < -0.4 is 0 Å². The van der Waals surface area contributed by atoms with Crippen molar-refractivity contribution in [1.82, 2.24) is 4.90 Å².